The number of benzene rings is 2. The largest absolute Gasteiger partial charge is 0.496 e. The summed E-state index contributed by atoms with van der Waals surface area (Å²) in [5.41, 5.74) is 3.04. The van der Waals surface area contributed by atoms with E-state index in [-0.39, 0.29) is 0 Å². The topological polar surface area (TPSA) is 9.23 Å². The number of methoxy groups -OCH3 is 1. The van der Waals surface area contributed by atoms with Gasteiger partial charge in [0.15, 0.2) is 0 Å². The molecule has 0 aliphatic rings. The van der Waals surface area contributed by atoms with Gasteiger partial charge in [-0.15, -0.1) is 0 Å². The van der Waals surface area contributed by atoms with E-state index in [1.807, 2.05) is 42.5 Å². The van der Waals surface area contributed by atoms with Crippen LogP contribution in [0.2, 0.25) is 5.02 Å². The van der Waals surface area contributed by atoms with Crippen LogP contribution in [0.3, 0.4) is 0 Å². The highest BCUT2D eigenvalue weighted by Crippen LogP contribution is 2.31. The Hall–Kier alpha value is -1.73. The number of halogens is 1. The Morgan fingerprint density at radius 3 is 2.59 bits per heavy atom. The van der Waals surface area contributed by atoms with Crippen molar-refractivity contribution in [2.45, 2.75) is 0 Å². The zero-order valence-corrected chi connectivity index (χ0v) is 10.4. The second kappa shape index (κ2) is 5.07. The summed E-state index contributed by atoms with van der Waals surface area (Å²) in [6.07, 6.45) is 1.78. The molecule has 1 nitrogen and oxygen atoms in total. The maximum Gasteiger partial charge on any atom is 0.126 e. The first-order valence-corrected chi connectivity index (χ1v) is 5.69. The number of rotatable bonds is 3. The van der Waals surface area contributed by atoms with Crippen LogP contribution in [-0.4, -0.2) is 7.11 Å². The minimum atomic E-state index is 0.743. The van der Waals surface area contributed by atoms with E-state index in [2.05, 4.69) is 6.58 Å². The molecule has 2 aromatic carbocycles. The maximum absolute atomic E-state index is 6.17. The van der Waals surface area contributed by atoms with Crippen molar-refractivity contribution in [2.24, 2.45) is 0 Å². The van der Waals surface area contributed by atoms with E-state index in [0.29, 0.717) is 0 Å². The van der Waals surface area contributed by atoms with Gasteiger partial charge in [-0.05, 0) is 23.8 Å². The van der Waals surface area contributed by atoms with Gasteiger partial charge in [-0.3, -0.25) is 0 Å². The fourth-order valence-electron chi connectivity index (χ4n) is 1.76. The van der Waals surface area contributed by atoms with Crippen molar-refractivity contribution in [3.8, 4) is 16.9 Å². The molecule has 0 aliphatic heterocycles. The Morgan fingerprint density at radius 1 is 1.18 bits per heavy atom. The summed E-state index contributed by atoms with van der Waals surface area (Å²) in [6, 6.07) is 13.7. The number of hydrogen-bond donors (Lipinski definition) is 0. The van der Waals surface area contributed by atoms with Crippen molar-refractivity contribution in [3.63, 3.8) is 0 Å². The first kappa shape index (κ1) is 11.7. The molecule has 0 heterocycles. The average Bonchev–Trinajstić information content (AvgIpc) is 2.38. The van der Waals surface area contributed by atoms with Gasteiger partial charge in [-0.25, -0.2) is 0 Å². The molecule has 0 spiro atoms. The molecule has 0 aromatic heterocycles. The predicted octanol–water partition coefficient (Wildman–Crippen LogP) is 4.66. The molecule has 17 heavy (non-hydrogen) atoms. The Kier molecular flexibility index (Phi) is 3.50. The molecule has 0 bridgehead atoms. The van der Waals surface area contributed by atoms with Crippen LogP contribution in [0.4, 0.5) is 0 Å². The van der Waals surface area contributed by atoms with Crippen LogP contribution in [-0.2, 0) is 0 Å². The SMILES string of the molecule is C=Cc1cc(-c2ccccc2Cl)ccc1OC. The molecule has 0 amide bonds. The van der Waals surface area contributed by atoms with Gasteiger partial charge in [0.05, 0.1) is 7.11 Å². The minimum absolute atomic E-state index is 0.743. The van der Waals surface area contributed by atoms with Gasteiger partial charge >= 0.3 is 0 Å². The van der Waals surface area contributed by atoms with Gasteiger partial charge in [0.2, 0.25) is 0 Å². The molecule has 0 fully saturated rings. The Morgan fingerprint density at radius 2 is 1.94 bits per heavy atom. The highest BCUT2D eigenvalue weighted by Gasteiger charge is 2.05. The lowest BCUT2D eigenvalue weighted by molar-refractivity contribution is 0.414. The summed E-state index contributed by atoms with van der Waals surface area (Å²) < 4.78 is 5.25. The van der Waals surface area contributed by atoms with Crippen molar-refractivity contribution in [2.75, 3.05) is 7.11 Å². The molecule has 2 aromatic rings. The Balaban J connectivity index is 2.54. The van der Waals surface area contributed by atoms with E-state index in [9.17, 15) is 0 Å². The molecule has 0 radical (unpaired) electrons. The predicted molar refractivity (Wildman–Crippen MR) is 73.5 cm³/mol. The summed E-state index contributed by atoms with van der Waals surface area (Å²) in [5, 5.41) is 0.743. The van der Waals surface area contributed by atoms with Crippen molar-refractivity contribution in [1.29, 1.82) is 0 Å². The third-order valence-corrected chi connectivity index (χ3v) is 2.96. The Labute approximate surface area is 106 Å². The van der Waals surface area contributed by atoms with Crippen LogP contribution in [0.5, 0.6) is 5.75 Å². The lowest BCUT2D eigenvalue weighted by atomic mass is 10.0. The van der Waals surface area contributed by atoms with Crippen molar-refractivity contribution >= 4 is 17.7 Å². The second-order valence-corrected chi connectivity index (χ2v) is 4.05. The van der Waals surface area contributed by atoms with Crippen LogP contribution in [0.1, 0.15) is 5.56 Å². The monoisotopic (exact) mass is 244 g/mol. The zero-order valence-electron chi connectivity index (χ0n) is 9.61. The first-order valence-electron chi connectivity index (χ1n) is 5.31. The maximum atomic E-state index is 6.17. The van der Waals surface area contributed by atoms with E-state index in [1.54, 1.807) is 13.2 Å². The van der Waals surface area contributed by atoms with E-state index in [4.69, 9.17) is 16.3 Å². The van der Waals surface area contributed by atoms with Crippen LogP contribution in [0.25, 0.3) is 17.2 Å². The lowest BCUT2D eigenvalue weighted by Gasteiger charge is -2.09. The van der Waals surface area contributed by atoms with Gasteiger partial charge in [-0.1, -0.05) is 48.5 Å². The number of ether oxygens (including phenoxy) is 1. The van der Waals surface area contributed by atoms with E-state index in [1.165, 1.54) is 0 Å². The quantitative estimate of drug-likeness (QED) is 0.763. The molecule has 2 heteroatoms. The second-order valence-electron chi connectivity index (χ2n) is 3.64. The van der Waals surface area contributed by atoms with E-state index >= 15 is 0 Å². The first-order chi connectivity index (χ1) is 8.26. The molecule has 0 atom stereocenters. The van der Waals surface area contributed by atoms with Crippen LogP contribution in [0.15, 0.2) is 49.0 Å². The van der Waals surface area contributed by atoms with Gasteiger partial charge in [0.25, 0.3) is 0 Å². The molecule has 0 unspecified atom stereocenters. The van der Waals surface area contributed by atoms with E-state index in [0.717, 1.165) is 27.5 Å². The zero-order chi connectivity index (χ0) is 12.3. The van der Waals surface area contributed by atoms with Gasteiger partial charge < -0.3 is 4.74 Å². The van der Waals surface area contributed by atoms with Crippen LogP contribution < -0.4 is 4.74 Å². The summed E-state index contributed by atoms with van der Waals surface area (Å²) in [7, 11) is 1.65. The van der Waals surface area contributed by atoms with Gasteiger partial charge in [0, 0.05) is 16.1 Å². The average molecular weight is 245 g/mol. The van der Waals surface area contributed by atoms with Gasteiger partial charge in [-0.2, -0.15) is 0 Å². The highest BCUT2D eigenvalue weighted by molar-refractivity contribution is 6.33. The summed E-state index contributed by atoms with van der Waals surface area (Å²) in [4.78, 5) is 0. The molecular weight excluding hydrogens is 232 g/mol. The standard InChI is InChI=1S/C15H13ClO/c1-3-11-10-12(8-9-15(11)17-2)13-6-4-5-7-14(13)16/h3-10H,1H2,2H3. The third-order valence-electron chi connectivity index (χ3n) is 2.63. The fourth-order valence-corrected chi connectivity index (χ4v) is 2.00. The van der Waals surface area contributed by atoms with Crippen LogP contribution in [0, 0.1) is 0 Å². The summed E-state index contributed by atoms with van der Waals surface area (Å²) >= 11 is 6.17. The molecule has 0 aliphatic carbocycles. The smallest absolute Gasteiger partial charge is 0.126 e. The highest BCUT2D eigenvalue weighted by atomic mass is 35.5. The minimum Gasteiger partial charge on any atom is -0.496 e. The summed E-state index contributed by atoms with van der Waals surface area (Å²) in [6.45, 7) is 3.78. The molecule has 0 saturated heterocycles. The molecule has 0 saturated carbocycles. The molecular formula is C15H13ClO. The number of hydrogen-bond acceptors (Lipinski definition) is 1. The third kappa shape index (κ3) is 2.34. The normalized spacial score (nSPS) is 10.0. The molecule has 0 N–H and O–H groups in total. The molecule has 86 valence electrons. The van der Waals surface area contributed by atoms with E-state index < -0.39 is 0 Å². The van der Waals surface area contributed by atoms with Gasteiger partial charge in [0.1, 0.15) is 5.75 Å². The lowest BCUT2D eigenvalue weighted by Crippen LogP contribution is -1.88. The summed E-state index contributed by atoms with van der Waals surface area (Å²) in [5.74, 6) is 0.816. The van der Waals surface area contributed by atoms with Crippen molar-refractivity contribution < 1.29 is 4.74 Å². The molecule has 2 rings (SSSR count). The van der Waals surface area contributed by atoms with Crippen molar-refractivity contribution in [1.82, 2.24) is 0 Å². The van der Waals surface area contributed by atoms with Crippen LogP contribution >= 0.6 is 11.6 Å². The Bertz CT molecular complexity index is 546. The fraction of sp³-hybridized carbons (Fsp3) is 0.0667. The van der Waals surface area contributed by atoms with Crippen molar-refractivity contribution in [3.05, 3.63) is 59.6 Å².